The first-order chi connectivity index (χ1) is 10.3. The average Bonchev–Trinajstić information content (AvgIpc) is 2.46. The van der Waals surface area contributed by atoms with Crippen LogP contribution in [0.25, 0.3) is 0 Å². The van der Waals surface area contributed by atoms with E-state index in [0.29, 0.717) is 36.8 Å². The maximum Gasteiger partial charge on any atom is 0.407 e. The fourth-order valence-electron chi connectivity index (χ4n) is 2.39. The molecule has 2 rings (SSSR count). The molecule has 9 heteroatoms. The first kappa shape index (κ1) is 17.7. The Morgan fingerprint density at radius 3 is 2.55 bits per heavy atom. The maximum atomic E-state index is 12.5. The van der Waals surface area contributed by atoms with E-state index in [2.05, 4.69) is 36.6 Å². The van der Waals surface area contributed by atoms with Crippen molar-refractivity contribution in [3.8, 4) is 0 Å². The fraction of sp³-hybridized carbons (Fsp3) is 0.462. The number of benzene rings is 1. The molecule has 0 aromatic heterocycles. The number of hydrogen-bond acceptors (Lipinski definition) is 3. The second kappa shape index (κ2) is 7.29. The van der Waals surface area contributed by atoms with Gasteiger partial charge >= 0.3 is 6.09 Å². The molecule has 1 saturated heterocycles. The second-order valence-corrected chi connectivity index (χ2v) is 8.21. The number of alkyl halides is 1. The lowest BCUT2D eigenvalue weighted by Crippen LogP contribution is -2.46. The van der Waals surface area contributed by atoms with Crippen molar-refractivity contribution in [1.82, 2.24) is 9.62 Å². The van der Waals surface area contributed by atoms with Crippen LogP contribution in [0.3, 0.4) is 0 Å². The molecule has 1 aromatic carbocycles. The molecule has 6 nitrogen and oxygen atoms in total. The minimum absolute atomic E-state index is 0.243. The summed E-state index contributed by atoms with van der Waals surface area (Å²) in [5, 5.41) is 9.34. The Morgan fingerprint density at radius 2 is 2.00 bits per heavy atom. The van der Waals surface area contributed by atoms with Crippen LogP contribution in [0, 0.1) is 0 Å². The number of halogens is 2. The van der Waals surface area contributed by atoms with Crippen LogP contribution in [0.1, 0.15) is 18.4 Å². The number of hydrogen-bond donors (Lipinski definition) is 2. The van der Waals surface area contributed by atoms with Gasteiger partial charge in [-0.2, -0.15) is 0 Å². The van der Waals surface area contributed by atoms with Gasteiger partial charge < -0.3 is 10.0 Å². The highest BCUT2D eigenvalue weighted by molar-refractivity contribution is 9.10. The molecule has 1 fully saturated rings. The zero-order valence-corrected chi connectivity index (χ0v) is 15.6. The van der Waals surface area contributed by atoms with Gasteiger partial charge in [0.1, 0.15) is 0 Å². The highest BCUT2D eigenvalue weighted by Crippen LogP contribution is 2.24. The first-order valence-electron chi connectivity index (χ1n) is 6.68. The third kappa shape index (κ3) is 4.21. The predicted octanol–water partition coefficient (Wildman–Crippen LogP) is 2.76. The Kier molecular flexibility index (Phi) is 5.87. The van der Waals surface area contributed by atoms with Gasteiger partial charge in [0.05, 0.1) is 4.90 Å². The van der Waals surface area contributed by atoms with Crippen molar-refractivity contribution in [3.63, 3.8) is 0 Å². The van der Waals surface area contributed by atoms with Crippen LogP contribution in [-0.2, 0) is 15.4 Å². The summed E-state index contributed by atoms with van der Waals surface area (Å²) in [6, 6.07) is 4.77. The van der Waals surface area contributed by atoms with E-state index >= 15 is 0 Å². The van der Waals surface area contributed by atoms with Crippen molar-refractivity contribution in [2.24, 2.45) is 0 Å². The number of likely N-dealkylation sites (tertiary alicyclic amines) is 1. The molecule has 2 N–H and O–H groups in total. The summed E-state index contributed by atoms with van der Waals surface area (Å²) in [6.07, 6.45) is -0.00647. The number of sulfonamides is 1. The summed E-state index contributed by atoms with van der Waals surface area (Å²) in [5.74, 6) is 0. The van der Waals surface area contributed by atoms with Crippen molar-refractivity contribution < 1.29 is 18.3 Å². The number of nitrogens with one attached hydrogen (secondary N) is 1. The number of carbonyl (C=O) groups is 1. The van der Waals surface area contributed by atoms with Crippen LogP contribution in [0.4, 0.5) is 4.79 Å². The summed E-state index contributed by atoms with van der Waals surface area (Å²) in [7, 11) is -3.62. The van der Waals surface area contributed by atoms with Crippen LogP contribution in [0.5, 0.6) is 0 Å². The van der Waals surface area contributed by atoms with Crippen molar-refractivity contribution in [2.45, 2.75) is 29.1 Å². The summed E-state index contributed by atoms with van der Waals surface area (Å²) in [4.78, 5) is 12.4. The van der Waals surface area contributed by atoms with E-state index < -0.39 is 16.1 Å². The van der Waals surface area contributed by atoms with Gasteiger partial charge in [0, 0.05) is 28.9 Å². The number of carboxylic acid groups (broad SMARTS) is 1. The molecule has 22 heavy (non-hydrogen) atoms. The highest BCUT2D eigenvalue weighted by atomic mass is 79.9. The lowest BCUT2D eigenvalue weighted by Gasteiger charge is -2.30. The second-order valence-electron chi connectivity index (χ2n) is 5.05. The van der Waals surface area contributed by atoms with Crippen LogP contribution in [-0.4, -0.2) is 43.6 Å². The molecule has 1 amide bonds. The van der Waals surface area contributed by atoms with Crippen molar-refractivity contribution in [2.75, 3.05) is 13.1 Å². The smallest absolute Gasteiger partial charge is 0.407 e. The molecule has 0 saturated carbocycles. The van der Waals surface area contributed by atoms with Gasteiger partial charge in [0.25, 0.3) is 0 Å². The number of piperidine rings is 1. The zero-order valence-electron chi connectivity index (χ0n) is 11.6. The Hall–Kier alpha value is -0.640. The average molecular weight is 456 g/mol. The van der Waals surface area contributed by atoms with E-state index in [0.717, 1.165) is 4.47 Å². The molecule has 1 heterocycles. The minimum Gasteiger partial charge on any atom is -0.465 e. The van der Waals surface area contributed by atoms with Gasteiger partial charge in [-0.15, -0.1) is 0 Å². The lowest BCUT2D eigenvalue weighted by atomic mass is 10.1. The first-order valence-corrected chi connectivity index (χ1v) is 10.1. The summed E-state index contributed by atoms with van der Waals surface area (Å²) in [5.41, 5.74) is 0.671. The lowest BCUT2D eigenvalue weighted by molar-refractivity contribution is 0.131. The van der Waals surface area contributed by atoms with E-state index in [1.165, 1.54) is 4.90 Å². The molecular formula is C13H16Br2N2O4S. The molecule has 122 valence electrons. The third-order valence-electron chi connectivity index (χ3n) is 3.54. The molecule has 0 radical (unpaired) electrons. The fourth-order valence-corrected chi connectivity index (χ4v) is 4.97. The Bertz CT molecular complexity index is 658. The molecule has 1 aliphatic heterocycles. The van der Waals surface area contributed by atoms with Crippen LogP contribution < -0.4 is 4.72 Å². The van der Waals surface area contributed by atoms with Gasteiger partial charge in [-0.3, -0.25) is 0 Å². The highest BCUT2D eigenvalue weighted by Gasteiger charge is 2.27. The SMILES string of the molecule is O=C(O)N1CCC(NS(=O)(=O)c2ccc(Br)cc2CBr)CC1. The van der Waals surface area contributed by atoms with Crippen molar-refractivity contribution in [1.29, 1.82) is 0 Å². The molecule has 1 aromatic rings. The van der Waals surface area contributed by atoms with E-state index in [-0.39, 0.29) is 10.9 Å². The van der Waals surface area contributed by atoms with Crippen LogP contribution >= 0.6 is 31.9 Å². The van der Waals surface area contributed by atoms with Crippen molar-refractivity contribution >= 4 is 48.0 Å². The maximum absolute atomic E-state index is 12.5. The molecule has 0 aliphatic carbocycles. The predicted molar refractivity (Wildman–Crippen MR) is 89.7 cm³/mol. The zero-order chi connectivity index (χ0) is 16.3. The Labute approximate surface area is 146 Å². The molecule has 0 spiro atoms. The van der Waals surface area contributed by atoms with E-state index in [4.69, 9.17) is 5.11 Å². The molecule has 0 atom stereocenters. The largest absolute Gasteiger partial charge is 0.465 e. The number of nitrogens with zero attached hydrogens (tertiary/aromatic N) is 1. The minimum atomic E-state index is -3.62. The molecule has 0 bridgehead atoms. The van der Waals surface area contributed by atoms with Gasteiger partial charge in [-0.1, -0.05) is 31.9 Å². The Balaban J connectivity index is 2.11. The summed E-state index contributed by atoms with van der Waals surface area (Å²) in [6.45, 7) is 0.683. The standard InChI is InChI=1S/C13H16Br2N2O4S/c14-8-9-7-10(15)1-2-12(9)22(20,21)16-11-3-5-17(6-4-11)13(18)19/h1-2,7,11,16H,3-6,8H2,(H,18,19). The molecular weight excluding hydrogens is 440 g/mol. The van der Waals surface area contributed by atoms with Gasteiger partial charge in [0.15, 0.2) is 0 Å². The quantitative estimate of drug-likeness (QED) is 0.683. The van der Waals surface area contributed by atoms with Crippen LogP contribution in [0.2, 0.25) is 0 Å². The topological polar surface area (TPSA) is 86.7 Å². The van der Waals surface area contributed by atoms with Crippen LogP contribution in [0.15, 0.2) is 27.6 Å². The monoisotopic (exact) mass is 454 g/mol. The molecule has 1 aliphatic rings. The van der Waals surface area contributed by atoms with Gasteiger partial charge in [0.2, 0.25) is 10.0 Å². The summed E-state index contributed by atoms with van der Waals surface area (Å²) >= 11 is 6.62. The normalized spacial score (nSPS) is 16.7. The van der Waals surface area contributed by atoms with E-state index in [1.807, 2.05) is 0 Å². The van der Waals surface area contributed by atoms with Crippen molar-refractivity contribution in [3.05, 3.63) is 28.2 Å². The molecule has 0 unspecified atom stereocenters. The number of rotatable bonds is 4. The van der Waals surface area contributed by atoms with E-state index in [9.17, 15) is 13.2 Å². The number of amides is 1. The van der Waals surface area contributed by atoms with E-state index in [1.54, 1.807) is 18.2 Å². The van der Waals surface area contributed by atoms with Gasteiger partial charge in [-0.25, -0.2) is 17.9 Å². The third-order valence-corrected chi connectivity index (χ3v) is 6.26. The van der Waals surface area contributed by atoms with Gasteiger partial charge in [-0.05, 0) is 36.6 Å². The Morgan fingerprint density at radius 1 is 1.36 bits per heavy atom. The summed E-state index contributed by atoms with van der Waals surface area (Å²) < 4.78 is 28.6.